The summed E-state index contributed by atoms with van der Waals surface area (Å²) >= 11 is 0. The van der Waals surface area contributed by atoms with Crippen molar-refractivity contribution < 1.29 is 9.53 Å². The Kier molecular flexibility index (Phi) is 7.56. The number of ether oxygens (including phenoxy) is 1. The molecule has 0 fully saturated rings. The zero-order chi connectivity index (χ0) is 22.0. The number of benzene rings is 1. The molecule has 0 aliphatic heterocycles. The van der Waals surface area contributed by atoms with Crippen molar-refractivity contribution in [2.75, 3.05) is 7.11 Å². The molecule has 0 unspecified atom stereocenters. The molecule has 0 saturated heterocycles. The van der Waals surface area contributed by atoms with Gasteiger partial charge in [-0.3, -0.25) is 4.79 Å². The highest BCUT2D eigenvalue weighted by atomic mass is 28.3. The lowest BCUT2D eigenvalue weighted by atomic mass is 9.86. The first-order chi connectivity index (χ1) is 13.5. The summed E-state index contributed by atoms with van der Waals surface area (Å²) in [7, 11) is -0.0304. The first-order valence-electron chi connectivity index (χ1n) is 11.1. The number of ketones is 1. The van der Waals surface area contributed by atoms with Crippen LogP contribution in [0, 0.1) is 5.92 Å². The molecule has 2 rings (SSSR count). The minimum absolute atomic E-state index is 0.109. The van der Waals surface area contributed by atoms with Gasteiger partial charge in [0, 0.05) is 12.5 Å². The van der Waals surface area contributed by atoms with E-state index in [0.29, 0.717) is 28.9 Å². The predicted octanol–water partition coefficient (Wildman–Crippen LogP) is 6.33. The highest BCUT2D eigenvalue weighted by Gasteiger charge is 2.53. The highest BCUT2D eigenvalue weighted by molar-refractivity contribution is 6.84. The SMILES string of the molecule is COC1=C(C[Si](C(C)C)(C(C)C)C(C)C)[C@@H](C)[C@](C)(NCc2ccccc2)C1=O. The number of hydrogen-bond donors (Lipinski definition) is 1. The lowest BCUT2D eigenvalue weighted by Crippen LogP contribution is -2.52. The molecule has 4 heteroatoms. The van der Waals surface area contributed by atoms with Gasteiger partial charge in [-0.1, -0.05) is 95.4 Å². The molecule has 0 amide bonds. The minimum atomic E-state index is -1.69. The molecular formula is C25H41NO2Si. The van der Waals surface area contributed by atoms with Crippen LogP contribution in [0.15, 0.2) is 41.7 Å². The summed E-state index contributed by atoms with van der Waals surface area (Å²) in [4.78, 5) is 13.5. The van der Waals surface area contributed by atoms with Crippen LogP contribution in [-0.4, -0.2) is 26.5 Å². The van der Waals surface area contributed by atoms with Gasteiger partial charge in [-0.15, -0.1) is 0 Å². The van der Waals surface area contributed by atoms with Crippen LogP contribution in [0.1, 0.15) is 61.0 Å². The molecule has 1 N–H and O–H groups in total. The molecule has 1 aromatic rings. The van der Waals surface area contributed by atoms with Gasteiger partial charge < -0.3 is 10.1 Å². The van der Waals surface area contributed by atoms with E-state index in [1.165, 1.54) is 11.1 Å². The molecule has 0 radical (unpaired) electrons. The molecule has 0 bridgehead atoms. The number of nitrogens with one attached hydrogen (secondary N) is 1. The summed E-state index contributed by atoms with van der Waals surface area (Å²) in [5, 5.41) is 3.59. The fourth-order valence-electron chi connectivity index (χ4n) is 5.64. The van der Waals surface area contributed by atoms with Crippen LogP contribution >= 0.6 is 0 Å². The smallest absolute Gasteiger partial charge is 0.217 e. The second-order valence-corrected chi connectivity index (χ2v) is 15.9. The number of hydrogen-bond acceptors (Lipinski definition) is 3. The van der Waals surface area contributed by atoms with E-state index >= 15 is 0 Å². The fraction of sp³-hybridized carbons (Fsp3) is 0.640. The summed E-state index contributed by atoms with van der Waals surface area (Å²) in [5.74, 6) is 0.841. The van der Waals surface area contributed by atoms with Crippen molar-refractivity contribution in [3.63, 3.8) is 0 Å². The lowest BCUT2D eigenvalue weighted by molar-refractivity contribution is -0.123. The number of carbonyl (C=O) groups is 1. The molecule has 162 valence electrons. The van der Waals surface area contributed by atoms with Gasteiger partial charge in [0.05, 0.1) is 20.7 Å². The van der Waals surface area contributed by atoms with Crippen LogP contribution in [0.3, 0.4) is 0 Å². The van der Waals surface area contributed by atoms with E-state index < -0.39 is 13.6 Å². The summed E-state index contributed by atoms with van der Waals surface area (Å²) < 4.78 is 5.75. The van der Waals surface area contributed by atoms with E-state index in [1.807, 2.05) is 18.2 Å². The third kappa shape index (κ3) is 4.24. The van der Waals surface area contributed by atoms with Crippen LogP contribution in [0.2, 0.25) is 22.7 Å². The third-order valence-electron chi connectivity index (χ3n) is 7.79. The van der Waals surface area contributed by atoms with E-state index in [0.717, 1.165) is 6.04 Å². The van der Waals surface area contributed by atoms with Gasteiger partial charge in [0.25, 0.3) is 0 Å². The van der Waals surface area contributed by atoms with Gasteiger partial charge in [-0.25, -0.2) is 0 Å². The van der Waals surface area contributed by atoms with Crippen molar-refractivity contribution in [3.05, 3.63) is 47.2 Å². The first-order valence-corrected chi connectivity index (χ1v) is 13.6. The zero-order valence-electron chi connectivity index (χ0n) is 19.9. The standard InChI is InChI=1S/C25H41NO2Si/c1-17(2)29(18(3)4,19(5)6)16-22-20(7)25(8,24(27)23(22)28-9)26-15-21-13-11-10-12-14-21/h10-14,17-20,26H,15-16H2,1-9H3/t20-,25+/m1/s1. The van der Waals surface area contributed by atoms with Crippen LogP contribution in [0.5, 0.6) is 0 Å². The van der Waals surface area contributed by atoms with Gasteiger partial charge in [-0.2, -0.15) is 0 Å². The second kappa shape index (κ2) is 9.17. The Morgan fingerprint density at radius 1 is 1.03 bits per heavy atom. The van der Waals surface area contributed by atoms with E-state index in [-0.39, 0.29) is 11.7 Å². The first kappa shape index (κ1) is 23.9. The van der Waals surface area contributed by atoms with Gasteiger partial charge in [0.2, 0.25) is 5.78 Å². The maximum Gasteiger partial charge on any atom is 0.217 e. The van der Waals surface area contributed by atoms with Gasteiger partial charge in [0.15, 0.2) is 5.76 Å². The molecule has 0 heterocycles. The molecule has 2 atom stereocenters. The van der Waals surface area contributed by atoms with Crippen molar-refractivity contribution >= 4 is 13.9 Å². The van der Waals surface area contributed by atoms with Gasteiger partial charge in [0.1, 0.15) is 0 Å². The van der Waals surface area contributed by atoms with Crippen molar-refractivity contribution in [2.45, 2.75) is 90.1 Å². The van der Waals surface area contributed by atoms with Gasteiger partial charge in [-0.05, 0) is 24.1 Å². The van der Waals surface area contributed by atoms with Crippen molar-refractivity contribution in [2.24, 2.45) is 5.92 Å². The predicted molar refractivity (Wildman–Crippen MR) is 126 cm³/mol. The van der Waals surface area contributed by atoms with Crippen LogP contribution in [-0.2, 0) is 16.1 Å². The average molecular weight is 416 g/mol. The molecule has 1 aliphatic rings. The Bertz CT molecular complexity index is 717. The number of carbonyl (C=O) groups excluding carboxylic acids is 1. The minimum Gasteiger partial charge on any atom is -0.493 e. The fourth-order valence-corrected chi connectivity index (χ4v) is 12.0. The Morgan fingerprint density at radius 3 is 2.00 bits per heavy atom. The van der Waals surface area contributed by atoms with Crippen molar-refractivity contribution in [1.82, 2.24) is 5.32 Å². The maximum absolute atomic E-state index is 13.5. The average Bonchev–Trinajstić information content (AvgIpc) is 2.85. The molecule has 1 aromatic carbocycles. The van der Waals surface area contributed by atoms with Crippen LogP contribution in [0.4, 0.5) is 0 Å². The Balaban J connectivity index is 2.38. The monoisotopic (exact) mass is 415 g/mol. The summed E-state index contributed by atoms with van der Waals surface area (Å²) in [5.41, 5.74) is 3.76. The summed E-state index contributed by atoms with van der Waals surface area (Å²) in [6, 6.07) is 11.3. The number of methoxy groups -OCH3 is 1. The zero-order valence-corrected chi connectivity index (χ0v) is 20.9. The van der Waals surface area contributed by atoms with Crippen LogP contribution < -0.4 is 5.32 Å². The van der Waals surface area contributed by atoms with Crippen molar-refractivity contribution in [1.29, 1.82) is 0 Å². The van der Waals surface area contributed by atoms with E-state index in [4.69, 9.17) is 4.74 Å². The number of rotatable bonds is 9. The molecule has 29 heavy (non-hydrogen) atoms. The van der Waals surface area contributed by atoms with E-state index in [2.05, 4.69) is 72.8 Å². The molecule has 1 aliphatic carbocycles. The normalized spacial score (nSPS) is 23.0. The quantitative estimate of drug-likeness (QED) is 0.479. The molecule has 0 spiro atoms. The lowest BCUT2D eigenvalue weighted by Gasteiger charge is -2.44. The topological polar surface area (TPSA) is 38.3 Å². The highest BCUT2D eigenvalue weighted by Crippen LogP contribution is 2.51. The van der Waals surface area contributed by atoms with Gasteiger partial charge >= 0.3 is 0 Å². The largest absolute Gasteiger partial charge is 0.493 e. The van der Waals surface area contributed by atoms with Crippen LogP contribution in [0.25, 0.3) is 0 Å². The molecular weight excluding hydrogens is 374 g/mol. The Morgan fingerprint density at radius 2 is 1.55 bits per heavy atom. The maximum atomic E-state index is 13.5. The molecule has 3 nitrogen and oxygen atoms in total. The Labute approximate surface area is 179 Å². The van der Waals surface area contributed by atoms with E-state index in [9.17, 15) is 4.79 Å². The molecule has 0 saturated carbocycles. The third-order valence-corrected chi connectivity index (χ3v) is 15.2. The molecule has 0 aromatic heterocycles. The summed E-state index contributed by atoms with van der Waals surface area (Å²) in [6.45, 7) is 19.2. The number of Topliss-reactive ketones (excluding diaryl/α,β-unsaturated/α-hetero) is 1. The summed E-state index contributed by atoms with van der Waals surface area (Å²) in [6.07, 6.45) is 0. The van der Waals surface area contributed by atoms with Crippen molar-refractivity contribution in [3.8, 4) is 0 Å². The second-order valence-electron chi connectivity index (χ2n) is 9.90. The van der Waals surface area contributed by atoms with E-state index in [1.54, 1.807) is 7.11 Å². The Hall–Kier alpha value is -1.39.